The first-order chi connectivity index (χ1) is 9.33. The van der Waals surface area contributed by atoms with Crippen molar-refractivity contribution in [3.63, 3.8) is 0 Å². The van der Waals surface area contributed by atoms with Crippen LogP contribution in [0.15, 0.2) is 36.8 Å². The van der Waals surface area contributed by atoms with Gasteiger partial charge in [-0.2, -0.15) is 0 Å². The number of phenols is 1. The van der Waals surface area contributed by atoms with Crippen molar-refractivity contribution in [2.75, 3.05) is 0 Å². The summed E-state index contributed by atoms with van der Waals surface area (Å²) in [7, 11) is 0. The maximum atomic E-state index is 9.94. The number of hydrogen-bond acceptors (Lipinski definition) is 3. The average molecular weight is 256 g/mol. The van der Waals surface area contributed by atoms with Crippen molar-refractivity contribution in [1.82, 2.24) is 9.97 Å². The summed E-state index contributed by atoms with van der Waals surface area (Å²) in [6, 6.07) is 7.32. The Morgan fingerprint density at radius 1 is 1.11 bits per heavy atom. The van der Waals surface area contributed by atoms with Gasteiger partial charge in [0.1, 0.15) is 12.1 Å². The first kappa shape index (κ1) is 13.5. The molecule has 0 saturated carbocycles. The van der Waals surface area contributed by atoms with Crippen molar-refractivity contribution in [3.05, 3.63) is 42.4 Å². The predicted octanol–water partition coefficient (Wildman–Crippen LogP) is 3.97. The molecular formula is C16H20N2O. The largest absolute Gasteiger partial charge is 0.507 e. The lowest BCUT2D eigenvalue weighted by Gasteiger charge is -2.09. The van der Waals surface area contributed by atoms with Crippen LogP contribution in [0.2, 0.25) is 0 Å². The minimum Gasteiger partial charge on any atom is -0.507 e. The van der Waals surface area contributed by atoms with Crippen LogP contribution in [0.5, 0.6) is 5.75 Å². The summed E-state index contributed by atoms with van der Waals surface area (Å²) in [6.07, 6.45) is 9.23. The molecule has 1 aromatic heterocycles. The lowest BCUT2D eigenvalue weighted by Crippen LogP contribution is -1.95. The second-order valence-electron chi connectivity index (χ2n) is 4.72. The fourth-order valence-corrected chi connectivity index (χ4v) is 2.20. The molecule has 0 fully saturated rings. The molecule has 2 aromatic rings. The normalized spacial score (nSPS) is 10.6. The molecule has 0 aliphatic rings. The highest BCUT2D eigenvalue weighted by molar-refractivity contribution is 5.68. The van der Waals surface area contributed by atoms with Crippen molar-refractivity contribution in [1.29, 1.82) is 0 Å². The third kappa shape index (κ3) is 3.53. The lowest BCUT2D eigenvalue weighted by atomic mass is 10.0. The first-order valence-electron chi connectivity index (χ1n) is 6.90. The van der Waals surface area contributed by atoms with E-state index in [4.69, 9.17) is 0 Å². The number of aromatic nitrogens is 2. The van der Waals surface area contributed by atoms with Gasteiger partial charge in [0.2, 0.25) is 0 Å². The van der Waals surface area contributed by atoms with Crippen molar-refractivity contribution >= 4 is 0 Å². The van der Waals surface area contributed by atoms with Crippen LogP contribution < -0.4 is 0 Å². The van der Waals surface area contributed by atoms with E-state index in [1.165, 1.54) is 25.6 Å². The summed E-state index contributed by atoms with van der Waals surface area (Å²) >= 11 is 0. The van der Waals surface area contributed by atoms with Crippen molar-refractivity contribution in [2.24, 2.45) is 0 Å². The van der Waals surface area contributed by atoms with Crippen LogP contribution in [0.3, 0.4) is 0 Å². The second kappa shape index (κ2) is 6.88. The van der Waals surface area contributed by atoms with Gasteiger partial charge in [-0.15, -0.1) is 0 Å². The third-order valence-corrected chi connectivity index (χ3v) is 3.25. The van der Waals surface area contributed by atoms with Crippen molar-refractivity contribution in [3.8, 4) is 17.0 Å². The van der Waals surface area contributed by atoms with E-state index in [1.807, 2.05) is 24.4 Å². The molecule has 0 bridgehead atoms. The molecule has 0 spiro atoms. The molecule has 0 aliphatic carbocycles. The van der Waals surface area contributed by atoms with Gasteiger partial charge >= 0.3 is 0 Å². The minimum absolute atomic E-state index is 0.274. The Bertz CT molecular complexity index is 526. The Labute approximate surface area is 114 Å². The monoisotopic (exact) mass is 256 g/mol. The van der Waals surface area contributed by atoms with Gasteiger partial charge in [-0.05, 0) is 30.5 Å². The van der Waals surface area contributed by atoms with Crippen LogP contribution in [-0.2, 0) is 6.42 Å². The fraction of sp³-hybridized carbons (Fsp3) is 0.375. The molecule has 2 rings (SSSR count). The number of hydrogen-bond donors (Lipinski definition) is 1. The summed E-state index contributed by atoms with van der Waals surface area (Å²) in [5.74, 6) is 0.274. The van der Waals surface area contributed by atoms with E-state index >= 15 is 0 Å². The van der Waals surface area contributed by atoms with Crippen LogP contribution in [0.1, 0.15) is 38.2 Å². The van der Waals surface area contributed by atoms with E-state index in [2.05, 4.69) is 16.9 Å². The van der Waals surface area contributed by atoms with E-state index in [-0.39, 0.29) is 5.75 Å². The zero-order chi connectivity index (χ0) is 13.5. The smallest absolute Gasteiger partial charge is 0.124 e. The molecule has 0 aliphatic heterocycles. The SMILES string of the molecule is CCCCCCc1cncnc1-c1ccccc1O. The highest BCUT2D eigenvalue weighted by Gasteiger charge is 2.10. The molecule has 1 N–H and O–H groups in total. The Kier molecular flexibility index (Phi) is 4.90. The van der Waals surface area contributed by atoms with E-state index in [0.29, 0.717) is 0 Å². The van der Waals surface area contributed by atoms with Crippen molar-refractivity contribution < 1.29 is 5.11 Å². The number of benzene rings is 1. The van der Waals surface area contributed by atoms with Gasteiger partial charge in [0.15, 0.2) is 0 Å². The molecule has 0 amide bonds. The number of para-hydroxylation sites is 1. The Balaban J connectivity index is 2.19. The number of aromatic hydroxyl groups is 1. The standard InChI is InChI=1S/C16H20N2O/c1-2-3-4-5-8-13-11-17-12-18-16(13)14-9-6-7-10-15(14)19/h6-7,9-12,19H,2-5,8H2,1H3. The summed E-state index contributed by atoms with van der Waals surface area (Å²) < 4.78 is 0. The van der Waals surface area contributed by atoms with Gasteiger partial charge in [0, 0.05) is 11.8 Å². The van der Waals surface area contributed by atoms with E-state index in [9.17, 15) is 5.11 Å². The van der Waals surface area contributed by atoms with Gasteiger partial charge in [-0.25, -0.2) is 9.97 Å². The summed E-state index contributed by atoms with van der Waals surface area (Å²) in [5.41, 5.74) is 2.75. The molecule has 1 heterocycles. The highest BCUT2D eigenvalue weighted by atomic mass is 16.3. The zero-order valence-electron chi connectivity index (χ0n) is 11.3. The Morgan fingerprint density at radius 2 is 1.95 bits per heavy atom. The molecule has 3 heteroatoms. The summed E-state index contributed by atoms with van der Waals surface area (Å²) in [5, 5.41) is 9.94. The molecule has 19 heavy (non-hydrogen) atoms. The third-order valence-electron chi connectivity index (χ3n) is 3.25. The van der Waals surface area contributed by atoms with Crippen LogP contribution in [-0.4, -0.2) is 15.1 Å². The van der Waals surface area contributed by atoms with Gasteiger partial charge in [0.05, 0.1) is 5.69 Å². The summed E-state index contributed by atoms with van der Waals surface area (Å²) in [4.78, 5) is 8.44. The molecule has 0 saturated heterocycles. The van der Waals surface area contributed by atoms with Crippen molar-refractivity contribution in [2.45, 2.75) is 39.0 Å². The second-order valence-corrected chi connectivity index (χ2v) is 4.72. The molecular weight excluding hydrogens is 236 g/mol. The molecule has 3 nitrogen and oxygen atoms in total. The quantitative estimate of drug-likeness (QED) is 0.795. The molecule has 1 aromatic carbocycles. The number of aryl methyl sites for hydroxylation is 1. The van der Waals surface area contributed by atoms with E-state index < -0.39 is 0 Å². The fourth-order valence-electron chi connectivity index (χ4n) is 2.20. The molecule has 0 atom stereocenters. The first-order valence-corrected chi connectivity index (χ1v) is 6.90. The van der Waals surface area contributed by atoms with Crippen LogP contribution in [0, 0.1) is 0 Å². The van der Waals surface area contributed by atoms with E-state index in [1.54, 1.807) is 6.07 Å². The van der Waals surface area contributed by atoms with Gasteiger partial charge < -0.3 is 5.11 Å². The lowest BCUT2D eigenvalue weighted by molar-refractivity contribution is 0.477. The maximum absolute atomic E-state index is 9.94. The van der Waals surface area contributed by atoms with Gasteiger partial charge in [-0.1, -0.05) is 38.3 Å². The van der Waals surface area contributed by atoms with Crippen LogP contribution in [0.4, 0.5) is 0 Å². The zero-order valence-corrected chi connectivity index (χ0v) is 11.3. The van der Waals surface area contributed by atoms with Crippen LogP contribution >= 0.6 is 0 Å². The van der Waals surface area contributed by atoms with Gasteiger partial charge in [0.25, 0.3) is 0 Å². The van der Waals surface area contributed by atoms with E-state index in [0.717, 1.165) is 29.7 Å². The average Bonchev–Trinajstić information content (AvgIpc) is 2.45. The maximum Gasteiger partial charge on any atom is 0.124 e. The molecule has 0 unspecified atom stereocenters. The summed E-state index contributed by atoms with van der Waals surface area (Å²) in [6.45, 7) is 2.21. The number of unbranched alkanes of at least 4 members (excludes halogenated alkanes) is 3. The minimum atomic E-state index is 0.274. The molecule has 100 valence electrons. The highest BCUT2D eigenvalue weighted by Crippen LogP contribution is 2.29. The molecule has 0 radical (unpaired) electrons. The topological polar surface area (TPSA) is 46.0 Å². The number of nitrogens with zero attached hydrogens (tertiary/aromatic N) is 2. The predicted molar refractivity (Wildman–Crippen MR) is 77.0 cm³/mol. The Morgan fingerprint density at radius 3 is 2.74 bits per heavy atom. The van der Waals surface area contributed by atoms with Crippen LogP contribution in [0.25, 0.3) is 11.3 Å². The van der Waals surface area contributed by atoms with Gasteiger partial charge in [-0.3, -0.25) is 0 Å². The Hall–Kier alpha value is -1.90. The number of rotatable bonds is 6. The number of phenolic OH excluding ortho intramolecular Hbond substituents is 1.